The van der Waals surface area contributed by atoms with E-state index in [0.29, 0.717) is 15.4 Å². The molecule has 0 unspecified atom stereocenters. The minimum atomic E-state index is -0.332. The van der Waals surface area contributed by atoms with Crippen molar-refractivity contribution in [3.8, 4) is 22.6 Å². The topological polar surface area (TPSA) is 103 Å². The maximum atomic E-state index is 12.6. The van der Waals surface area contributed by atoms with Crippen molar-refractivity contribution in [3.05, 3.63) is 69.8 Å². The fourth-order valence-electron chi connectivity index (χ4n) is 2.80. The fraction of sp³-hybridized carbons (Fsp3) is 0.0500. The maximum Gasteiger partial charge on any atom is 0.260 e. The minimum absolute atomic E-state index is 0.0102. The molecule has 0 saturated carbocycles. The molecule has 2 heterocycles. The summed E-state index contributed by atoms with van der Waals surface area (Å²) in [5, 5.41) is 21.9. The Bertz CT molecular complexity index is 1230. The van der Waals surface area contributed by atoms with Crippen molar-refractivity contribution >= 4 is 39.1 Å². The third kappa shape index (κ3) is 3.51. The first-order chi connectivity index (χ1) is 13.5. The molecule has 8 heteroatoms. The second-order valence-electron chi connectivity index (χ2n) is 5.98. The van der Waals surface area contributed by atoms with Crippen molar-refractivity contribution in [2.45, 2.75) is 5.16 Å². The van der Waals surface area contributed by atoms with Crippen molar-refractivity contribution in [1.29, 1.82) is 0 Å². The molecule has 0 fully saturated rings. The number of nitrogens with zero attached hydrogens (tertiary/aromatic N) is 1. The third-order valence-corrected chi connectivity index (χ3v) is 5.87. The Morgan fingerprint density at radius 3 is 2.68 bits per heavy atom. The number of hydrogen-bond acceptors (Lipinski definition) is 7. The summed E-state index contributed by atoms with van der Waals surface area (Å²) < 4.78 is 0. The first kappa shape index (κ1) is 18.3. The SMILES string of the molecule is O=C(CSc1nc2scc(-c3ccccc3)c2c(=O)[nH]1)c1ccc(O)cc1O. The van der Waals surface area contributed by atoms with Gasteiger partial charge >= 0.3 is 0 Å². The van der Waals surface area contributed by atoms with Crippen molar-refractivity contribution in [1.82, 2.24) is 9.97 Å². The van der Waals surface area contributed by atoms with Crippen LogP contribution in [0.25, 0.3) is 21.3 Å². The van der Waals surface area contributed by atoms with Crippen molar-refractivity contribution in [2.75, 3.05) is 5.75 Å². The van der Waals surface area contributed by atoms with E-state index in [1.807, 2.05) is 35.7 Å². The summed E-state index contributed by atoms with van der Waals surface area (Å²) in [4.78, 5) is 32.7. The van der Waals surface area contributed by atoms with Gasteiger partial charge in [0.2, 0.25) is 0 Å². The minimum Gasteiger partial charge on any atom is -0.508 e. The van der Waals surface area contributed by atoms with Crippen LogP contribution in [0.3, 0.4) is 0 Å². The number of thioether (sulfide) groups is 1. The molecule has 0 amide bonds. The first-order valence-corrected chi connectivity index (χ1v) is 10.1. The number of H-pyrrole nitrogens is 1. The molecule has 0 aliphatic carbocycles. The normalized spacial score (nSPS) is 11.0. The van der Waals surface area contributed by atoms with Gasteiger partial charge in [0.25, 0.3) is 5.56 Å². The summed E-state index contributed by atoms with van der Waals surface area (Å²) >= 11 is 2.46. The summed E-state index contributed by atoms with van der Waals surface area (Å²) in [6.45, 7) is 0. The Labute approximate surface area is 167 Å². The smallest absolute Gasteiger partial charge is 0.260 e. The van der Waals surface area contributed by atoms with E-state index in [0.717, 1.165) is 29.0 Å². The number of hydrogen-bond donors (Lipinski definition) is 3. The number of ketones is 1. The number of carbonyl (C=O) groups excluding carboxylic acids is 1. The van der Waals surface area contributed by atoms with Crippen LogP contribution in [-0.4, -0.2) is 31.7 Å². The third-order valence-electron chi connectivity index (χ3n) is 4.13. The van der Waals surface area contributed by atoms with E-state index < -0.39 is 0 Å². The highest BCUT2D eigenvalue weighted by Crippen LogP contribution is 2.31. The van der Waals surface area contributed by atoms with Crippen LogP contribution in [-0.2, 0) is 0 Å². The number of phenolic OH excluding ortho intramolecular Hbond substituents is 2. The number of benzene rings is 2. The molecule has 6 nitrogen and oxygen atoms in total. The lowest BCUT2D eigenvalue weighted by Gasteiger charge is -2.04. The lowest BCUT2D eigenvalue weighted by atomic mass is 10.1. The van der Waals surface area contributed by atoms with Crippen molar-refractivity contribution in [3.63, 3.8) is 0 Å². The number of aromatic amines is 1. The Balaban J connectivity index is 1.59. The number of fused-ring (bicyclic) bond motifs is 1. The highest BCUT2D eigenvalue weighted by Gasteiger charge is 2.16. The van der Waals surface area contributed by atoms with E-state index in [1.54, 1.807) is 0 Å². The number of phenols is 2. The maximum absolute atomic E-state index is 12.6. The Hall–Kier alpha value is -3.10. The standard InChI is InChI=1S/C20H14N2O4S2/c23-12-6-7-13(15(24)8-12)16(25)10-28-20-21-18(26)17-14(9-27-19(17)22-20)11-4-2-1-3-5-11/h1-9,23-24H,10H2,(H,21,22,26). The summed E-state index contributed by atoms with van der Waals surface area (Å²) in [6, 6.07) is 13.4. The predicted octanol–water partition coefficient (Wildman–Crippen LogP) is 4.04. The molecule has 0 saturated heterocycles. The van der Waals surface area contributed by atoms with Crippen LogP contribution in [0, 0.1) is 0 Å². The van der Waals surface area contributed by atoms with Gasteiger partial charge in [-0.1, -0.05) is 42.1 Å². The Morgan fingerprint density at radius 1 is 1.14 bits per heavy atom. The number of aromatic nitrogens is 2. The van der Waals surface area contributed by atoms with Gasteiger partial charge in [-0.15, -0.1) is 11.3 Å². The van der Waals surface area contributed by atoms with Gasteiger partial charge in [-0.05, 0) is 17.7 Å². The Kier molecular flexibility index (Phi) is 4.89. The molecule has 0 atom stereocenters. The monoisotopic (exact) mass is 410 g/mol. The van der Waals surface area contributed by atoms with Crippen LogP contribution in [0.4, 0.5) is 0 Å². The van der Waals surface area contributed by atoms with Gasteiger partial charge < -0.3 is 15.2 Å². The molecule has 0 bridgehead atoms. The molecule has 4 aromatic rings. The molecule has 2 aromatic carbocycles. The van der Waals surface area contributed by atoms with Crippen LogP contribution in [0.1, 0.15) is 10.4 Å². The highest BCUT2D eigenvalue weighted by atomic mass is 32.2. The van der Waals surface area contributed by atoms with Crippen LogP contribution < -0.4 is 5.56 Å². The van der Waals surface area contributed by atoms with E-state index in [2.05, 4.69) is 9.97 Å². The summed E-state index contributed by atoms with van der Waals surface area (Å²) in [5.74, 6) is -0.747. The molecule has 0 radical (unpaired) electrons. The lowest BCUT2D eigenvalue weighted by molar-refractivity contribution is 0.102. The zero-order valence-electron chi connectivity index (χ0n) is 14.4. The van der Waals surface area contributed by atoms with Crippen LogP contribution >= 0.6 is 23.1 Å². The molecule has 140 valence electrons. The summed E-state index contributed by atoms with van der Waals surface area (Å²) in [7, 11) is 0. The molecule has 3 N–H and O–H groups in total. The average Bonchev–Trinajstić information content (AvgIpc) is 3.11. The Morgan fingerprint density at radius 2 is 1.93 bits per heavy atom. The molecule has 0 spiro atoms. The van der Waals surface area contributed by atoms with Gasteiger partial charge in [0.05, 0.1) is 16.7 Å². The van der Waals surface area contributed by atoms with E-state index in [-0.39, 0.29) is 34.2 Å². The predicted molar refractivity (Wildman–Crippen MR) is 111 cm³/mol. The molecule has 0 aliphatic rings. The molecular weight excluding hydrogens is 396 g/mol. The van der Waals surface area contributed by atoms with Crippen LogP contribution in [0.2, 0.25) is 0 Å². The van der Waals surface area contributed by atoms with Gasteiger partial charge in [-0.25, -0.2) is 4.98 Å². The van der Waals surface area contributed by atoms with Gasteiger partial charge in [0.15, 0.2) is 10.9 Å². The van der Waals surface area contributed by atoms with Crippen LogP contribution in [0.5, 0.6) is 11.5 Å². The zero-order chi connectivity index (χ0) is 19.7. The van der Waals surface area contributed by atoms with Gasteiger partial charge in [0, 0.05) is 17.0 Å². The van der Waals surface area contributed by atoms with E-state index in [4.69, 9.17) is 0 Å². The van der Waals surface area contributed by atoms with E-state index in [9.17, 15) is 19.8 Å². The quantitative estimate of drug-likeness (QED) is 0.261. The number of rotatable bonds is 5. The van der Waals surface area contributed by atoms with Crippen LogP contribution in [0.15, 0.2) is 63.9 Å². The number of Topliss-reactive ketones (excluding diaryl/α,β-unsaturated/α-hetero) is 1. The van der Waals surface area contributed by atoms with Crippen molar-refractivity contribution in [2.24, 2.45) is 0 Å². The highest BCUT2D eigenvalue weighted by molar-refractivity contribution is 7.99. The van der Waals surface area contributed by atoms with Gasteiger partial charge in [0.1, 0.15) is 16.3 Å². The molecule has 0 aliphatic heterocycles. The molecule has 4 rings (SSSR count). The number of carbonyl (C=O) groups is 1. The number of nitrogens with one attached hydrogen (secondary N) is 1. The molecule has 2 aromatic heterocycles. The first-order valence-electron chi connectivity index (χ1n) is 8.28. The van der Waals surface area contributed by atoms with Gasteiger partial charge in [-0.3, -0.25) is 9.59 Å². The average molecular weight is 410 g/mol. The molecule has 28 heavy (non-hydrogen) atoms. The summed E-state index contributed by atoms with van der Waals surface area (Å²) in [5.41, 5.74) is 1.62. The van der Waals surface area contributed by atoms with E-state index >= 15 is 0 Å². The summed E-state index contributed by atoms with van der Waals surface area (Å²) in [6.07, 6.45) is 0. The second-order valence-corrected chi connectivity index (χ2v) is 7.80. The number of thiophene rings is 1. The zero-order valence-corrected chi connectivity index (χ0v) is 16.0. The largest absolute Gasteiger partial charge is 0.508 e. The van der Waals surface area contributed by atoms with Gasteiger partial charge in [-0.2, -0.15) is 0 Å². The lowest BCUT2D eigenvalue weighted by Crippen LogP contribution is -2.10. The van der Waals surface area contributed by atoms with Crippen molar-refractivity contribution < 1.29 is 15.0 Å². The molecular formula is C20H14N2O4S2. The fourth-order valence-corrected chi connectivity index (χ4v) is 4.54. The second kappa shape index (κ2) is 7.49. The van der Waals surface area contributed by atoms with E-state index in [1.165, 1.54) is 23.5 Å². The number of aromatic hydroxyl groups is 2.